The van der Waals surface area contributed by atoms with Crippen LogP contribution in [0.2, 0.25) is 0 Å². The maximum absolute atomic E-state index is 12.4. The number of aryl methyl sites for hydroxylation is 2. The van der Waals surface area contributed by atoms with E-state index in [1.807, 2.05) is 26.0 Å². The molecule has 0 spiro atoms. The fourth-order valence-corrected chi connectivity index (χ4v) is 2.56. The Hall–Kier alpha value is -0.336. The Morgan fingerprint density at radius 1 is 1.33 bits per heavy atom. The van der Waals surface area contributed by atoms with Gasteiger partial charge < -0.3 is 6.92 Å². The second-order valence-electron chi connectivity index (χ2n) is 4.99. The summed E-state index contributed by atoms with van der Waals surface area (Å²) in [6.45, 7) is 9.31. The minimum Gasteiger partial charge on any atom is -0.342 e. The molecule has 93 valence electrons. The minimum atomic E-state index is -0.900. The van der Waals surface area contributed by atoms with Crippen molar-refractivity contribution >= 4 is 11.6 Å². The van der Waals surface area contributed by atoms with Crippen LogP contribution < -0.4 is 0 Å². The van der Waals surface area contributed by atoms with Gasteiger partial charge >= 0.3 is 0 Å². The van der Waals surface area contributed by atoms with Crippen molar-refractivity contribution in [3.05, 3.63) is 41.3 Å². The van der Waals surface area contributed by atoms with Gasteiger partial charge in [0.25, 0.3) is 0 Å². The van der Waals surface area contributed by atoms with Crippen LogP contribution in [0.3, 0.4) is 0 Å². The van der Waals surface area contributed by atoms with Crippen molar-refractivity contribution in [2.24, 2.45) is 5.41 Å². The van der Waals surface area contributed by atoms with Crippen molar-refractivity contribution in [2.45, 2.75) is 33.6 Å². The predicted octanol–water partition coefficient (Wildman–Crippen LogP) is 2.84. The summed E-state index contributed by atoms with van der Waals surface area (Å²) in [5.74, 6) is -0.109. The van der Waals surface area contributed by atoms with Crippen molar-refractivity contribution in [3.8, 4) is 0 Å². The molecule has 0 saturated carbocycles. The van der Waals surface area contributed by atoms with E-state index in [2.05, 4.69) is 6.92 Å². The molecule has 3 heteroatoms. The molecule has 0 saturated heterocycles. The molecule has 0 aromatic heterocycles. The average Bonchev–Trinajstić information content (AvgIpc) is 2.54. The number of ketones is 2. The predicted molar refractivity (Wildman–Crippen MR) is 67.0 cm³/mol. The fraction of sp³-hybridized carbons (Fsp3) is 0.400. The van der Waals surface area contributed by atoms with Crippen molar-refractivity contribution in [2.75, 3.05) is 0 Å². The number of carbonyl (C=O) groups excluding carboxylic acids is 2. The summed E-state index contributed by atoms with van der Waals surface area (Å²) in [6, 6.07) is 3.94. The fourth-order valence-electron chi connectivity index (χ4n) is 2.56. The van der Waals surface area contributed by atoms with Crippen LogP contribution in [0.25, 0.3) is 0 Å². The number of hydrogen-bond acceptors (Lipinski definition) is 2. The van der Waals surface area contributed by atoms with E-state index in [0.29, 0.717) is 18.4 Å². The summed E-state index contributed by atoms with van der Waals surface area (Å²) < 4.78 is 0. The van der Waals surface area contributed by atoms with E-state index < -0.39 is 5.41 Å². The van der Waals surface area contributed by atoms with E-state index >= 15 is 0 Å². The largest absolute Gasteiger partial charge is 0.342 e. The Bertz CT molecular complexity index is 519. The molecule has 1 aliphatic carbocycles. The van der Waals surface area contributed by atoms with Gasteiger partial charge in [-0.1, -0.05) is 6.07 Å². The zero-order valence-electron chi connectivity index (χ0n) is 11.2. The number of fused-ring (bicyclic) bond motifs is 1. The summed E-state index contributed by atoms with van der Waals surface area (Å²) in [6.07, 6.45) is 0.856. The van der Waals surface area contributed by atoms with Gasteiger partial charge in [0.2, 0.25) is 0 Å². The van der Waals surface area contributed by atoms with E-state index in [4.69, 9.17) is 0 Å². The maximum Gasteiger partial charge on any atom is 0.174 e. The molecule has 1 aliphatic rings. The standard InChI is InChI=1S/C15H17O2.Y/c1-5-15(11(4)16)8-12-6-9(2)10(3)7-13(12)14(15)17;/h6-7H,1,5,8H2,2-4H3;/q-1;. The Labute approximate surface area is 133 Å². The molecule has 1 radical (unpaired) electrons. The van der Waals surface area contributed by atoms with Gasteiger partial charge in [0.1, 0.15) is 5.78 Å². The van der Waals surface area contributed by atoms with Crippen LogP contribution in [0.5, 0.6) is 0 Å². The first kappa shape index (κ1) is 15.7. The third-order valence-electron chi connectivity index (χ3n) is 3.99. The molecule has 0 heterocycles. The molecule has 1 aromatic carbocycles. The van der Waals surface area contributed by atoms with E-state index in [-0.39, 0.29) is 44.3 Å². The number of hydrogen-bond donors (Lipinski definition) is 0. The van der Waals surface area contributed by atoms with Crippen molar-refractivity contribution in [3.63, 3.8) is 0 Å². The van der Waals surface area contributed by atoms with E-state index in [1.165, 1.54) is 12.5 Å². The molecule has 1 unspecified atom stereocenters. The summed E-state index contributed by atoms with van der Waals surface area (Å²) in [4.78, 5) is 24.2. The number of rotatable bonds is 2. The Morgan fingerprint density at radius 2 is 1.89 bits per heavy atom. The molecule has 2 rings (SSSR count). The monoisotopic (exact) mass is 318 g/mol. The normalized spacial score (nSPS) is 21.4. The van der Waals surface area contributed by atoms with Crippen LogP contribution >= 0.6 is 0 Å². The smallest absolute Gasteiger partial charge is 0.174 e. The van der Waals surface area contributed by atoms with Gasteiger partial charge in [0, 0.05) is 38.3 Å². The SMILES string of the molecule is [CH2-]CC1(C(C)=O)Cc2cc(C)c(C)cc2C1=O.[Y]. The molecule has 0 fully saturated rings. The summed E-state index contributed by atoms with van der Waals surface area (Å²) in [7, 11) is 0. The number of benzene rings is 1. The molecule has 18 heavy (non-hydrogen) atoms. The Morgan fingerprint density at radius 3 is 2.39 bits per heavy atom. The Kier molecular flexibility index (Phi) is 4.67. The van der Waals surface area contributed by atoms with Crippen LogP contribution in [0, 0.1) is 26.2 Å². The zero-order valence-corrected chi connectivity index (χ0v) is 14.0. The summed E-state index contributed by atoms with van der Waals surface area (Å²) in [5.41, 5.74) is 3.08. The topological polar surface area (TPSA) is 34.1 Å². The number of carbonyl (C=O) groups is 2. The molecule has 0 amide bonds. The van der Waals surface area contributed by atoms with Gasteiger partial charge in [-0.05, 0) is 49.9 Å². The third kappa shape index (κ3) is 2.14. The first-order chi connectivity index (χ1) is 7.92. The average molecular weight is 318 g/mol. The molecular weight excluding hydrogens is 301 g/mol. The number of Topliss-reactive ketones (excluding diaryl/α,β-unsaturated/α-hetero) is 2. The van der Waals surface area contributed by atoms with Crippen LogP contribution in [-0.2, 0) is 43.9 Å². The van der Waals surface area contributed by atoms with E-state index in [1.54, 1.807) is 0 Å². The van der Waals surface area contributed by atoms with Gasteiger partial charge in [0.15, 0.2) is 5.78 Å². The summed E-state index contributed by atoms with van der Waals surface area (Å²) >= 11 is 0. The zero-order chi connectivity index (χ0) is 12.8. The van der Waals surface area contributed by atoms with E-state index in [9.17, 15) is 9.59 Å². The molecular formula is C15H17O2Y-. The maximum atomic E-state index is 12.4. The van der Waals surface area contributed by atoms with Gasteiger partial charge in [0.05, 0.1) is 5.41 Å². The van der Waals surface area contributed by atoms with Gasteiger partial charge in [-0.25, -0.2) is 0 Å². The van der Waals surface area contributed by atoms with Crippen LogP contribution in [-0.4, -0.2) is 11.6 Å². The van der Waals surface area contributed by atoms with Crippen molar-refractivity contribution in [1.82, 2.24) is 0 Å². The molecule has 0 N–H and O–H groups in total. The summed E-state index contributed by atoms with van der Waals surface area (Å²) in [5, 5.41) is 0. The van der Waals surface area contributed by atoms with Crippen molar-refractivity contribution < 1.29 is 42.3 Å². The first-order valence-electron chi connectivity index (χ1n) is 5.87. The van der Waals surface area contributed by atoms with Crippen molar-refractivity contribution in [1.29, 1.82) is 0 Å². The Balaban J connectivity index is 0.00000162. The van der Waals surface area contributed by atoms with Crippen LogP contribution in [0.4, 0.5) is 0 Å². The second-order valence-corrected chi connectivity index (χ2v) is 4.99. The molecule has 2 nitrogen and oxygen atoms in total. The first-order valence-corrected chi connectivity index (χ1v) is 5.87. The van der Waals surface area contributed by atoms with Gasteiger partial charge in [-0.15, -0.1) is 0 Å². The van der Waals surface area contributed by atoms with E-state index in [0.717, 1.165) is 11.1 Å². The van der Waals surface area contributed by atoms with Gasteiger partial charge in [-0.2, -0.15) is 6.42 Å². The second kappa shape index (κ2) is 5.34. The quantitative estimate of drug-likeness (QED) is 0.621. The van der Waals surface area contributed by atoms with Gasteiger partial charge in [-0.3, -0.25) is 9.59 Å². The minimum absolute atomic E-state index is 0. The van der Waals surface area contributed by atoms with Crippen LogP contribution in [0.1, 0.15) is 40.4 Å². The molecule has 1 atom stereocenters. The van der Waals surface area contributed by atoms with Crippen LogP contribution in [0.15, 0.2) is 12.1 Å². The molecule has 0 bridgehead atoms. The molecule has 1 aromatic rings. The molecule has 0 aliphatic heterocycles. The third-order valence-corrected chi connectivity index (χ3v) is 3.99.